The maximum Gasteiger partial charge on any atom is 0.327 e. The number of carbonyl (C=O) groups excluding carboxylic acids is 4. The largest absolute Gasteiger partial charge is 0.451 e. The fourth-order valence-corrected chi connectivity index (χ4v) is 4.94. The summed E-state index contributed by atoms with van der Waals surface area (Å²) in [6.07, 6.45) is 2.74. The summed E-state index contributed by atoms with van der Waals surface area (Å²) in [5.74, 6) is -1.24. The molecule has 1 unspecified atom stereocenters. The molecular formula is C24H37N5O5. The van der Waals surface area contributed by atoms with Crippen molar-refractivity contribution in [3.8, 4) is 0 Å². The van der Waals surface area contributed by atoms with Gasteiger partial charge in [0.1, 0.15) is 12.1 Å². The Bertz CT molecular complexity index is 990. The van der Waals surface area contributed by atoms with E-state index in [1.54, 1.807) is 18.7 Å². The number of aromatic nitrogens is 2. The average Bonchev–Trinajstić information content (AvgIpc) is 3.15. The normalized spacial score (nSPS) is 23.7. The number of rotatable bonds is 7. The predicted molar refractivity (Wildman–Crippen MR) is 126 cm³/mol. The van der Waals surface area contributed by atoms with Gasteiger partial charge in [-0.15, -0.1) is 0 Å². The predicted octanol–water partition coefficient (Wildman–Crippen LogP) is 2.82. The van der Waals surface area contributed by atoms with Crippen molar-refractivity contribution < 1.29 is 23.9 Å². The lowest BCUT2D eigenvalue weighted by atomic mass is 9.65. The number of carbonyl (C=O) groups is 4. The number of ether oxygens (including phenoxy) is 1. The van der Waals surface area contributed by atoms with Crippen LogP contribution in [-0.2, 0) is 26.2 Å². The maximum absolute atomic E-state index is 13.1. The molecule has 1 saturated heterocycles. The van der Waals surface area contributed by atoms with E-state index >= 15 is 0 Å². The van der Waals surface area contributed by atoms with Crippen LogP contribution in [0.1, 0.15) is 71.2 Å². The van der Waals surface area contributed by atoms with Gasteiger partial charge in [0.2, 0.25) is 0 Å². The lowest BCUT2D eigenvalue weighted by molar-refractivity contribution is -0.155. The van der Waals surface area contributed by atoms with E-state index in [1.165, 1.54) is 6.92 Å². The highest BCUT2D eigenvalue weighted by molar-refractivity contribution is 6.09. The molecule has 2 N–H and O–H groups in total. The number of nitrogens with one attached hydrogen (secondary N) is 2. The molecule has 0 radical (unpaired) electrons. The van der Waals surface area contributed by atoms with Crippen molar-refractivity contribution in [3.05, 3.63) is 11.4 Å². The van der Waals surface area contributed by atoms with E-state index < -0.39 is 36.1 Å². The molecule has 2 heterocycles. The Morgan fingerprint density at radius 2 is 1.88 bits per heavy atom. The number of imide groups is 1. The number of esters is 1. The minimum absolute atomic E-state index is 0.181. The zero-order valence-corrected chi connectivity index (χ0v) is 21.3. The van der Waals surface area contributed by atoms with Gasteiger partial charge in [0.15, 0.2) is 6.10 Å². The zero-order chi connectivity index (χ0) is 25.4. The van der Waals surface area contributed by atoms with Gasteiger partial charge in [-0.2, -0.15) is 5.10 Å². The number of aryl methyl sites for hydroxylation is 2. The highest BCUT2D eigenvalue weighted by Crippen LogP contribution is 2.45. The summed E-state index contributed by atoms with van der Waals surface area (Å²) in [5, 5.41) is 9.79. The number of hydrogen-bond donors (Lipinski definition) is 2. The number of nitrogens with zero attached hydrogens (tertiary/aromatic N) is 3. The molecule has 2 aliphatic rings. The standard InChI is InChI=1S/C24H37N5O5/c1-8-23(5,6)17-9-11-24(12-10-17)21(32)29(22(33)26-24)13-18(30)34-16(4)20(31)25-19-14(2)27-28(7)15(19)3/h16-17H,8-13H2,1-7H3,(H,25,31)(H,26,33). The van der Waals surface area contributed by atoms with E-state index in [9.17, 15) is 19.2 Å². The van der Waals surface area contributed by atoms with Gasteiger partial charge in [0.05, 0.1) is 17.1 Å². The van der Waals surface area contributed by atoms with Crippen LogP contribution in [0.4, 0.5) is 10.5 Å². The van der Waals surface area contributed by atoms with Crippen molar-refractivity contribution in [2.45, 2.75) is 85.3 Å². The summed E-state index contributed by atoms with van der Waals surface area (Å²) < 4.78 is 6.87. The Balaban J connectivity index is 1.57. The summed E-state index contributed by atoms with van der Waals surface area (Å²) in [6, 6.07) is -0.589. The highest BCUT2D eigenvalue weighted by Gasteiger charge is 2.54. The van der Waals surface area contributed by atoms with Crippen LogP contribution >= 0.6 is 0 Å². The Kier molecular flexibility index (Phi) is 7.10. The Morgan fingerprint density at radius 1 is 1.26 bits per heavy atom. The van der Waals surface area contributed by atoms with Crippen LogP contribution in [0.2, 0.25) is 0 Å². The van der Waals surface area contributed by atoms with E-state index in [4.69, 9.17) is 4.74 Å². The van der Waals surface area contributed by atoms with E-state index in [0.717, 1.165) is 29.9 Å². The van der Waals surface area contributed by atoms with Crippen molar-refractivity contribution in [1.29, 1.82) is 0 Å². The minimum atomic E-state index is -1.10. The number of amides is 4. The van der Waals surface area contributed by atoms with Crippen molar-refractivity contribution in [1.82, 2.24) is 20.0 Å². The van der Waals surface area contributed by atoms with E-state index in [1.807, 2.05) is 6.92 Å². The second-order valence-corrected chi connectivity index (χ2v) is 10.3. The molecular weight excluding hydrogens is 438 g/mol. The fraction of sp³-hybridized carbons (Fsp3) is 0.708. The monoisotopic (exact) mass is 475 g/mol. The number of hydrogen-bond acceptors (Lipinski definition) is 6. The van der Waals surface area contributed by atoms with Crippen LogP contribution in [0.3, 0.4) is 0 Å². The molecule has 10 nitrogen and oxygen atoms in total. The second-order valence-electron chi connectivity index (χ2n) is 10.3. The lowest BCUT2D eigenvalue weighted by Crippen LogP contribution is -2.51. The molecule has 34 heavy (non-hydrogen) atoms. The van der Waals surface area contributed by atoms with E-state index in [2.05, 4.69) is 36.5 Å². The van der Waals surface area contributed by atoms with Gasteiger partial charge >= 0.3 is 12.0 Å². The molecule has 0 aromatic carbocycles. The number of urea groups is 1. The summed E-state index contributed by atoms with van der Waals surface area (Å²) >= 11 is 0. The van der Waals surface area contributed by atoms with Crippen molar-refractivity contribution in [3.63, 3.8) is 0 Å². The van der Waals surface area contributed by atoms with Gasteiger partial charge in [0, 0.05) is 7.05 Å². The molecule has 0 bridgehead atoms. The van der Waals surface area contributed by atoms with Crippen molar-refractivity contribution >= 4 is 29.5 Å². The summed E-state index contributed by atoms with van der Waals surface area (Å²) in [5.41, 5.74) is 1.21. The fourth-order valence-electron chi connectivity index (χ4n) is 4.94. The smallest absolute Gasteiger partial charge is 0.327 e. The van der Waals surface area contributed by atoms with Crippen LogP contribution in [0.25, 0.3) is 0 Å². The lowest BCUT2D eigenvalue weighted by Gasteiger charge is -2.42. The van der Waals surface area contributed by atoms with Crippen LogP contribution < -0.4 is 10.6 Å². The first-order valence-corrected chi connectivity index (χ1v) is 12.0. The van der Waals surface area contributed by atoms with Gasteiger partial charge in [0.25, 0.3) is 11.8 Å². The van der Waals surface area contributed by atoms with Crippen LogP contribution in [0.5, 0.6) is 0 Å². The second kappa shape index (κ2) is 9.38. The zero-order valence-electron chi connectivity index (χ0n) is 21.3. The third kappa shape index (κ3) is 4.81. The maximum atomic E-state index is 13.1. The quantitative estimate of drug-likeness (QED) is 0.462. The van der Waals surface area contributed by atoms with E-state index in [-0.39, 0.29) is 11.3 Å². The molecule has 1 saturated carbocycles. The molecule has 1 aliphatic carbocycles. The molecule has 3 rings (SSSR count). The first-order valence-electron chi connectivity index (χ1n) is 12.0. The third-order valence-corrected chi connectivity index (χ3v) is 7.82. The summed E-state index contributed by atoms with van der Waals surface area (Å²) in [6.45, 7) is 11.1. The van der Waals surface area contributed by atoms with Gasteiger partial charge in [-0.05, 0) is 57.8 Å². The molecule has 10 heteroatoms. The first-order chi connectivity index (χ1) is 15.8. The van der Waals surface area contributed by atoms with Crippen molar-refractivity contribution in [2.75, 3.05) is 11.9 Å². The Morgan fingerprint density at radius 3 is 2.41 bits per heavy atom. The van der Waals surface area contributed by atoms with Gasteiger partial charge < -0.3 is 15.4 Å². The number of anilines is 1. The Labute approximate surface area is 200 Å². The van der Waals surface area contributed by atoms with Crippen molar-refractivity contribution in [2.24, 2.45) is 18.4 Å². The molecule has 1 aromatic rings. The van der Waals surface area contributed by atoms with Gasteiger partial charge in [-0.25, -0.2) is 4.79 Å². The highest BCUT2D eigenvalue weighted by atomic mass is 16.5. The van der Waals surface area contributed by atoms with Crippen LogP contribution in [-0.4, -0.2) is 56.7 Å². The molecule has 1 aromatic heterocycles. The topological polar surface area (TPSA) is 123 Å². The van der Waals surface area contributed by atoms with Gasteiger partial charge in [-0.1, -0.05) is 27.2 Å². The first kappa shape index (κ1) is 25.7. The average molecular weight is 476 g/mol. The molecule has 1 atom stereocenters. The molecule has 1 aliphatic heterocycles. The summed E-state index contributed by atoms with van der Waals surface area (Å²) in [7, 11) is 1.77. The molecule has 4 amide bonds. The Hall–Kier alpha value is -2.91. The van der Waals surface area contributed by atoms with Crippen LogP contribution in [0.15, 0.2) is 0 Å². The molecule has 2 fully saturated rings. The van der Waals surface area contributed by atoms with E-state index in [0.29, 0.717) is 30.1 Å². The summed E-state index contributed by atoms with van der Waals surface area (Å²) in [4.78, 5) is 51.6. The van der Waals surface area contributed by atoms with Crippen LogP contribution in [0, 0.1) is 25.2 Å². The van der Waals surface area contributed by atoms with Gasteiger partial charge in [-0.3, -0.25) is 24.0 Å². The molecule has 1 spiro atoms. The molecule has 188 valence electrons. The SMILES string of the molecule is CCC(C)(C)C1CCC2(CC1)NC(=O)N(CC(=O)OC(C)C(=O)Nc1c(C)nn(C)c1C)C2=O. The third-order valence-electron chi connectivity index (χ3n) is 7.82. The minimum Gasteiger partial charge on any atom is -0.451 e.